The molecule has 0 aromatic carbocycles. The lowest BCUT2D eigenvalue weighted by Gasteiger charge is -2.41. The smallest absolute Gasteiger partial charge is 0.225 e. The molecular weight excluding hydrogens is 314 g/mol. The Hall–Kier alpha value is -1.70. The number of anilines is 1. The van der Waals surface area contributed by atoms with E-state index < -0.39 is 0 Å². The molecule has 1 unspecified atom stereocenters. The van der Waals surface area contributed by atoms with Gasteiger partial charge in [0.05, 0.1) is 5.54 Å². The molecule has 1 aromatic rings. The van der Waals surface area contributed by atoms with E-state index in [0.717, 1.165) is 18.0 Å². The second-order valence-corrected chi connectivity index (χ2v) is 7.55. The van der Waals surface area contributed by atoms with Gasteiger partial charge in [0.1, 0.15) is 5.51 Å². The van der Waals surface area contributed by atoms with E-state index in [-0.39, 0.29) is 23.3 Å². The molecule has 1 atom stereocenters. The standard InChI is InChI=1S/C15H23N5O2S/c1-11(2)13(22)19-6-7-20(14-18-16-10-23-14)9-15(8-19)5-3-4-12(21)17-15/h10-11H,3-9H2,1-2H3,(H,17,21). The third kappa shape index (κ3) is 3.46. The summed E-state index contributed by atoms with van der Waals surface area (Å²) in [6.45, 7) is 6.45. The summed E-state index contributed by atoms with van der Waals surface area (Å²) in [5, 5.41) is 12.1. The highest BCUT2D eigenvalue weighted by Crippen LogP contribution is 2.28. The summed E-state index contributed by atoms with van der Waals surface area (Å²) in [6.07, 6.45) is 2.31. The van der Waals surface area contributed by atoms with Crippen LogP contribution in [-0.2, 0) is 9.59 Å². The van der Waals surface area contributed by atoms with Gasteiger partial charge in [-0.2, -0.15) is 0 Å². The number of nitrogens with one attached hydrogen (secondary N) is 1. The third-order valence-corrected chi connectivity index (χ3v) is 5.27. The van der Waals surface area contributed by atoms with Gasteiger partial charge in [-0.1, -0.05) is 25.2 Å². The molecule has 0 saturated carbocycles. The summed E-state index contributed by atoms with van der Waals surface area (Å²) in [5.41, 5.74) is 1.32. The molecule has 23 heavy (non-hydrogen) atoms. The number of aromatic nitrogens is 2. The Bertz CT molecular complexity index is 576. The summed E-state index contributed by atoms with van der Waals surface area (Å²) in [5.74, 6) is 0.176. The first kappa shape index (κ1) is 16.2. The predicted molar refractivity (Wildman–Crippen MR) is 88.3 cm³/mol. The summed E-state index contributed by atoms with van der Waals surface area (Å²) in [7, 11) is 0. The molecule has 8 heteroatoms. The summed E-state index contributed by atoms with van der Waals surface area (Å²) < 4.78 is 0. The minimum absolute atomic E-state index is 0.0422. The number of carbonyl (C=O) groups excluding carboxylic acids is 2. The maximum atomic E-state index is 12.5. The van der Waals surface area contributed by atoms with E-state index in [2.05, 4.69) is 20.4 Å². The second kappa shape index (κ2) is 6.43. The van der Waals surface area contributed by atoms with Crippen LogP contribution in [-0.4, -0.2) is 58.6 Å². The van der Waals surface area contributed by atoms with E-state index >= 15 is 0 Å². The summed E-state index contributed by atoms with van der Waals surface area (Å²) in [4.78, 5) is 28.6. The van der Waals surface area contributed by atoms with Gasteiger partial charge in [-0.25, -0.2) is 0 Å². The number of piperidine rings is 1. The maximum absolute atomic E-state index is 12.5. The second-order valence-electron chi connectivity index (χ2n) is 6.74. The zero-order valence-electron chi connectivity index (χ0n) is 13.6. The maximum Gasteiger partial charge on any atom is 0.225 e. The van der Waals surface area contributed by atoms with Crippen molar-refractivity contribution in [2.24, 2.45) is 5.92 Å². The average Bonchev–Trinajstić information content (AvgIpc) is 2.97. The molecule has 0 radical (unpaired) electrons. The average molecular weight is 337 g/mol. The first-order chi connectivity index (χ1) is 11.0. The Kier molecular flexibility index (Phi) is 4.52. The molecule has 2 amide bonds. The van der Waals surface area contributed by atoms with Gasteiger partial charge in [0.2, 0.25) is 16.9 Å². The molecule has 1 N–H and O–H groups in total. The van der Waals surface area contributed by atoms with E-state index in [1.54, 1.807) is 5.51 Å². The van der Waals surface area contributed by atoms with Crippen LogP contribution in [0.5, 0.6) is 0 Å². The van der Waals surface area contributed by atoms with Gasteiger partial charge in [-0.15, -0.1) is 10.2 Å². The van der Waals surface area contributed by atoms with E-state index in [1.165, 1.54) is 11.3 Å². The van der Waals surface area contributed by atoms with Gasteiger partial charge >= 0.3 is 0 Å². The van der Waals surface area contributed by atoms with Crippen molar-refractivity contribution in [2.45, 2.75) is 38.6 Å². The van der Waals surface area contributed by atoms with Crippen molar-refractivity contribution >= 4 is 28.3 Å². The summed E-state index contributed by atoms with van der Waals surface area (Å²) in [6, 6.07) is 0. The topological polar surface area (TPSA) is 78.4 Å². The van der Waals surface area contributed by atoms with Crippen LogP contribution in [0.3, 0.4) is 0 Å². The van der Waals surface area contributed by atoms with E-state index in [0.29, 0.717) is 32.6 Å². The van der Waals surface area contributed by atoms with Crippen LogP contribution in [0.4, 0.5) is 5.13 Å². The lowest BCUT2D eigenvalue weighted by atomic mass is 9.87. The Morgan fingerprint density at radius 3 is 2.87 bits per heavy atom. The van der Waals surface area contributed by atoms with Crippen molar-refractivity contribution in [1.29, 1.82) is 0 Å². The molecule has 1 spiro atoms. The Morgan fingerprint density at radius 1 is 1.39 bits per heavy atom. The van der Waals surface area contributed by atoms with Crippen molar-refractivity contribution in [1.82, 2.24) is 20.4 Å². The van der Waals surface area contributed by atoms with Crippen LogP contribution in [0.1, 0.15) is 33.1 Å². The molecule has 3 rings (SSSR count). The van der Waals surface area contributed by atoms with E-state index in [4.69, 9.17) is 0 Å². The van der Waals surface area contributed by atoms with Crippen molar-refractivity contribution in [3.63, 3.8) is 0 Å². The monoisotopic (exact) mass is 337 g/mol. The number of hydrogen-bond acceptors (Lipinski definition) is 6. The number of hydrogen-bond donors (Lipinski definition) is 1. The lowest BCUT2D eigenvalue weighted by molar-refractivity contribution is -0.136. The van der Waals surface area contributed by atoms with Crippen molar-refractivity contribution in [3.05, 3.63) is 5.51 Å². The van der Waals surface area contributed by atoms with Crippen molar-refractivity contribution in [2.75, 3.05) is 31.1 Å². The highest BCUT2D eigenvalue weighted by atomic mass is 32.1. The number of carbonyl (C=O) groups is 2. The quantitative estimate of drug-likeness (QED) is 0.867. The van der Waals surface area contributed by atoms with Gasteiger partial charge in [0.25, 0.3) is 0 Å². The molecule has 126 valence electrons. The lowest BCUT2D eigenvalue weighted by Crippen LogP contribution is -2.61. The fraction of sp³-hybridized carbons (Fsp3) is 0.733. The highest BCUT2D eigenvalue weighted by molar-refractivity contribution is 7.13. The zero-order valence-corrected chi connectivity index (χ0v) is 14.4. The molecule has 2 fully saturated rings. The molecule has 2 aliphatic rings. The van der Waals surface area contributed by atoms with Crippen molar-refractivity contribution in [3.8, 4) is 0 Å². The Labute approximate surface area is 140 Å². The van der Waals surface area contributed by atoms with Crippen LogP contribution < -0.4 is 10.2 Å². The van der Waals surface area contributed by atoms with Crippen LogP contribution in [0.25, 0.3) is 0 Å². The van der Waals surface area contributed by atoms with Crippen LogP contribution in [0, 0.1) is 5.92 Å². The summed E-state index contributed by atoms with van der Waals surface area (Å²) >= 11 is 1.49. The predicted octanol–water partition coefficient (Wildman–Crippen LogP) is 0.882. The van der Waals surface area contributed by atoms with Crippen LogP contribution in [0.15, 0.2) is 5.51 Å². The fourth-order valence-corrected chi connectivity index (χ4v) is 4.03. The molecule has 7 nitrogen and oxygen atoms in total. The van der Waals surface area contributed by atoms with Gasteiger partial charge in [-0.3, -0.25) is 9.59 Å². The molecule has 3 heterocycles. The molecule has 0 bridgehead atoms. The Balaban J connectivity index is 1.87. The normalized spacial score (nSPS) is 25.6. The van der Waals surface area contributed by atoms with Crippen molar-refractivity contribution < 1.29 is 9.59 Å². The van der Waals surface area contributed by atoms with Crippen LogP contribution in [0.2, 0.25) is 0 Å². The first-order valence-corrected chi connectivity index (χ1v) is 8.98. The number of amides is 2. The number of nitrogens with zero attached hydrogens (tertiary/aromatic N) is 4. The van der Waals surface area contributed by atoms with Gasteiger partial charge < -0.3 is 15.1 Å². The molecule has 0 aliphatic carbocycles. The largest absolute Gasteiger partial charge is 0.347 e. The zero-order chi connectivity index (χ0) is 16.4. The SMILES string of the molecule is CC(C)C(=O)N1CCN(c2nncs2)CC2(CCCC(=O)N2)C1. The minimum Gasteiger partial charge on any atom is -0.347 e. The van der Waals surface area contributed by atoms with E-state index in [9.17, 15) is 9.59 Å². The fourth-order valence-electron chi connectivity index (χ4n) is 3.45. The van der Waals surface area contributed by atoms with E-state index in [1.807, 2.05) is 18.7 Å². The molecular formula is C15H23N5O2S. The van der Waals surface area contributed by atoms with Crippen LogP contribution >= 0.6 is 11.3 Å². The van der Waals surface area contributed by atoms with Gasteiger partial charge in [0.15, 0.2) is 0 Å². The molecule has 2 saturated heterocycles. The van der Waals surface area contributed by atoms with Gasteiger partial charge in [0, 0.05) is 38.5 Å². The molecule has 1 aromatic heterocycles. The first-order valence-electron chi connectivity index (χ1n) is 8.10. The third-order valence-electron chi connectivity index (χ3n) is 4.52. The molecule has 2 aliphatic heterocycles. The minimum atomic E-state index is -0.387. The highest BCUT2D eigenvalue weighted by Gasteiger charge is 2.42. The van der Waals surface area contributed by atoms with Gasteiger partial charge in [-0.05, 0) is 12.8 Å². The number of rotatable bonds is 2. The Morgan fingerprint density at radius 2 is 2.22 bits per heavy atom.